The zero-order chi connectivity index (χ0) is 24.6. The molecule has 1 saturated carbocycles. The van der Waals surface area contributed by atoms with Gasteiger partial charge in [-0.15, -0.1) is 0 Å². The molecule has 0 radical (unpaired) electrons. The van der Waals surface area contributed by atoms with E-state index in [0.29, 0.717) is 41.0 Å². The largest absolute Gasteiger partial charge is 0.437 e. The minimum absolute atomic E-state index is 0.0712. The number of benzene rings is 2. The summed E-state index contributed by atoms with van der Waals surface area (Å²) in [5, 5.41) is 10.9. The summed E-state index contributed by atoms with van der Waals surface area (Å²) in [4.78, 5) is 8.49. The molecule has 1 N–H and O–H groups in total. The van der Waals surface area contributed by atoms with Crippen LogP contribution < -0.4 is 9.46 Å². The molecule has 0 spiro atoms. The lowest BCUT2D eigenvalue weighted by Gasteiger charge is -2.12. The minimum atomic E-state index is -3.37. The lowest BCUT2D eigenvalue weighted by Crippen LogP contribution is -2.15. The molecule has 0 atom stereocenters. The van der Waals surface area contributed by atoms with E-state index in [2.05, 4.69) is 25.3 Å². The molecular weight excluding hydrogens is 462 g/mol. The number of nitrogens with zero attached hydrogens (tertiary/aromatic N) is 4. The van der Waals surface area contributed by atoms with Crippen LogP contribution in [-0.4, -0.2) is 28.7 Å². The van der Waals surface area contributed by atoms with Gasteiger partial charge in [-0.1, -0.05) is 19.1 Å². The Morgan fingerprint density at radius 2 is 1.89 bits per heavy atom. The van der Waals surface area contributed by atoms with E-state index in [4.69, 9.17) is 4.74 Å². The Morgan fingerprint density at radius 1 is 1.14 bits per heavy atom. The highest BCUT2D eigenvalue weighted by atomic mass is 32.2. The molecule has 1 fully saturated rings. The first-order valence-electron chi connectivity index (χ1n) is 11.5. The maximum absolute atomic E-state index is 12.1. The smallest absolute Gasteiger partial charge is 0.240 e. The second-order valence-corrected chi connectivity index (χ2v) is 10.5. The molecule has 9 heteroatoms. The molecule has 0 aliphatic heterocycles. The van der Waals surface area contributed by atoms with Crippen molar-refractivity contribution in [2.75, 3.05) is 10.5 Å². The molecule has 8 nitrogen and oxygen atoms in total. The monoisotopic (exact) mass is 487 g/mol. The van der Waals surface area contributed by atoms with Gasteiger partial charge in [0.05, 0.1) is 28.2 Å². The second-order valence-electron chi connectivity index (χ2n) is 8.66. The van der Waals surface area contributed by atoms with E-state index in [-0.39, 0.29) is 5.75 Å². The van der Waals surface area contributed by atoms with Gasteiger partial charge in [0.1, 0.15) is 11.8 Å². The van der Waals surface area contributed by atoms with Crippen molar-refractivity contribution in [1.82, 2.24) is 14.5 Å². The molecule has 0 amide bonds. The van der Waals surface area contributed by atoms with Crippen LogP contribution >= 0.6 is 0 Å². The number of anilines is 1. The van der Waals surface area contributed by atoms with Crippen LogP contribution in [0.15, 0.2) is 54.9 Å². The average Bonchev–Trinajstić information content (AvgIpc) is 3.62. The van der Waals surface area contributed by atoms with Crippen LogP contribution in [0.25, 0.3) is 22.2 Å². The third-order valence-electron chi connectivity index (χ3n) is 5.95. The van der Waals surface area contributed by atoms with E-state index >= 15 is 0 Å². The summed E-state index contributed by atoms with van der Waals surface area (Å²) in [6.45, 7) is 3.67. The van der Waals surface area contributed by atoms with Crippen molar-refractivity contribution in [3.8, 4) is 29.0 Å². The molecule has 1 aliphatic carbocycles. The van der Waals surface area contributed by atoms with Crippen LogP contribution in [0.3, 0.4) is 0 Å². The topological polar surface area (TPSA) is 110 Å². The third kappa shape index (κ3) is 4.57. The fourth-order valence-electron chi connectivity index (χ4n) is 4.26. The lowest BCUT2D eigenvalue weighted by molar-refractivity contribution is 0.455. The van der Waals surface area contributed by atoms with Gasteiger partial charge < -0.3 is 9.30 Å². The Kier molecular flexibility index (Phi) is 5.91. The molecule has 2 aromatic heterocycles. The third-order valence-corrected chi connectivity index (χ3v) is 7.45. The van der Waals surface area contributed by atoms with Gasteiger partial charge in [0.2, 0.25) is 15.9 Å². The number of hydrogen-bond donors (Lipinski definition) is 1. The van der Waals surface area contributed by atoms with Gasteiger partial charge in [-0.25, -0.2) is 13.4 Å². The Balaban J connectivity index is 1.57. The molecule has 0 bridgehead atoms. The van der Waals surface area contributed by atoms with E-state index < -0.39 is 10.0 Å². The van der Waals surface area contributed by atoms with E-state index in [1.54, 1.807) is 24.5 Å². The fraction of sp³-hybridized carbons (Fsp3) is 0.269. The lowest BCUT2D eigenvalue weighted by atomic mass is 10.1. The molecule has 35 heavy (non-hydrogen) atoms. The fourth-order valence-corrected chi connectivity index (χ4v) is 5.40. The number of aryl methyl sites for hydroxylation is 1. The van der Waals surface area contributed by atoms with E-state index in [9.17, 15) is 13.7 Å². The summed E-state index contributed by atoms with van der Waals surface area (Å²) >= 11 is 0. The van der Waals surface area contributed by atoms with Gasteiger partial charge in [-0.3, -0.25) is 9.71 Å². The van der Waals surface area contributed by atoms with E-state index in [1.165, 1.54) is 0 Å². The van der Waals surface area contributed by atoms with Crippen LogP contribution in [-0.2, 0) is 10.0 Å². The van der Waals surface area contributed by atoms with E-state index in [1.807, 2.05) is 44.2 Å². The van der Waals surface area contributed by atoms with Crippen molar-refractivity contribution in [2.24, 2.45) is 0 Å². The van der Waals surface area contributed by atoms with Gasteiger partial charge >= 0.3 is 0 Å². The molecule has 4 aromatic rings. The number of sulfonamides is 1. The Hall–Kier alpha value is -3.90. The molecule has 0 saturated heterocycles. The first-order valence-corrected chi connectivity index (χ1v) is 13.2. The normalized spacial score (nSPS) is 13.5. The van der Waals surface area contributed by atoms with Crippen LogP contribution in [0.5, 0.6) is 11.6 Å². The van der Waals surface area contributed by atoms with Crippen molar-refractivity contribution in [3.05, 3.63) is 66.1 Å². The van der Waals surface area contributed by atoms with Gasteiger partial charge in [0.15, 0.2) is 0 Å². The summed E-state index contributed by atoms with van der Waals surface area (Å²) in [6, 6.07) is 15.6. The van der Waals surface area contributed by atoms with Crippen molar-refractivity contribution >= 4 is 26.6 Å². The number of fused-ring (bicyclic) bond motifs is 1. The summed E-state index contributed by atoms with van der Waals surface area (Å²) in [5.41, 5.74) is 4.40. The number of ether oxygens (including phenoxy) is 1. The SMILES string of the molecule is CCCS(=O)(=O)Nc1ccc(-c2c(C#N)c3ccc(Oc4nccnc4C)cc3n2C2CC2)cc1. The van der Waals surface area contributed by atoms with Crippen molar-refractivity contribution < 1.29 is 13.2 Å². The first kappa shape index (κ1) is 22.9. The zero-order valence-corrected chi connectivity index (χ0v) is 20.3. The number of nitrogens with one attached hydrogen (secondary N) is 1. The number of nitriles is 1. The number of hydrogen-bond acceptors (Lipinski definition) is 6. The predicted molar refractivity (Wildman–Crippen MR) is 135 cm³/mol. The quantitative estimate of drug-likeness (QED) is 0.349. The van der Waals surface area contributed by atoms with Crippen LogP contribution in [0, 0.1) is 18.3 Å². The highest BCUT2D eigenvalue weighted by molar-refractivity contribution is 7.92. The van der Waals surface area contributed by atoms with Crippen molar-refractivity contribution in [3.63, 3.8) is 0 Å². The summed E-state index contributed by atoms with van der Waals surface area (Å²) in [7, 11) is -3.37. The molecule has 2 aromatic carbocycles. The Bertz CT molecular complexity index is 1550. The van der Waals surface area contributed by atoms with Crippen LogP contribution in [0.1, 0.15) is 43.5 Å². The standard InChI is InChI=1S/C26H25N5O3S/c1-3-14-35(32,33)30-19-6-4-18(5-7-19)25-23(16-27)22-11-10-21(15-24(22)31(25)20-8-9-20)34-26-17(2)28-12-13-29-26/h4-7,10-13,15,20,30H,3,8-9,14H2,1-2H3. The molecular formula is C26H25N5O3S. The van der Waals surface area contributed by atoms with Crippen molar-refractivity contribution in [2.45, 2.75) is 39.2 Å². The predicted octanol–water partition coefficient (Wildman–Crippen LogP) is 5.56. The maximum Gasteiger partial charge on any atom is 0.240 e. The van der Waals surface area contributed by atoms with Crippen LogP contribution in [0.4, 0.5) is 5.69 Å². The van der Waals surface area contributed by atoms with Gasteiger partial charge in [-0.2, -0.15) is 5.26 Å². The maximum atomic E-state index is 12.1. The van der Waals surface area contributed by atoms with Gasteiger partial charge in [-0.05, 0) is 56.0 Å². The Labute approximate surface area is 204 Å². The molecule has 1 aliphatic rings. The molecule has 5 rings (SSSR count). The van der Waals surface area contributed by atoms with Gasteiger partial charge in [0.25, 0.3) is 0 Å². The highest BCUT2D eigenvalue weighted by Crippen LogP contribution is 2.45. The molecule has 2 heterocycles. The second kappa shape index (κ2) is 9.04. The summed E-state index contributed by atoms with van der Waals surface area (Å²) in [6.07, 6.45) is 5.82. The minimum Gasteiger partial charge on any atom is -0.437 e. The summed E-state index contributed by atoms with van der Waals surface area (Å²) < 4.78 is 35.1. The Morgan fingerprint density at radius 3 is 2.54 bits per heavy atom. The van der Waals surface area contributed by atoms with E-state index in [0.717, 1.165) is 35.0 Å². The molecule has 178 valence electrons. The highest BCUT2D eigenvalue weighted by Gasteiger charge is 2.31. The molecule has 0 unspecified atom stereocenters. The summed E-state index contributed by atoms with van der Waals surface area (Å²) in [5.74, 6) is 1.14. The van der Waals surface area contributed by atoms with Crippen LogP contribution in [0.2, 0.25) is 0 Å². The van der Waals surface area contributed by atoms with Crippen molar-refractivity contribution in [1.29, 1.82) is 5.26 Å². The zero-order valence-electron chi connectivity index (χ0n) is 19.5. The number of rotatable bonds is 8. The van der Waals surface area contributed by atoms with Gasteiger partial charge in [0, 0.05) is 35.6 Å². The first-order chi connectivity index (χ1) is 16.9. The average molecular weight is 488 g/mol. The number of aromatic nitrogens is 3.